The second-order valence-electron chi connectivity index (χ2n) is 9.00. The van der Waals surface area contributed by atoms with E-state index in [1.165, 1.54) is 17.7 Å². The molecule has 182 valence electrons. The molecule has 7 nitrogen and oxygen atoms in total. The summed E-state index contributed by atoms with van der Waals surface area (Å²) in [6.45, 7) is 3.55. The Morgan fingerprint density at radius 2 is 1.71 bits per heavy atom. The molecule has 0 unspecified atom stereocenters. The lowest BCUT2D eigenvalue weighted by Crippen LogP contribution is -2.32. The van der Waals surface area contributed by atoms with Crippen molar-refractivity contribution < 1.29 is 22.7 Å². The molecule has 2 aliphatic rings. The Bertz CT molecular complexity index is 1330. The SMILES string of the molecule is Cc1ccc(CN(C(=O)c2cccc(NS(=O)(=O)c3ccc4c(c3)OCCCO4)c2)C2CC2)cc1. The number of sulfonamides is 1. The van der Waals surface area contributed by atoms with E-state index in [0.717, 1.165) is 24.8 Å². The van der Waals surface area contributed by atoms with Crippen LogP contribution in [0.1, 0.15) is 40.7 Å². The lowest BCUT2D eigenvalue weighted by molar-refractivity contribution is 0.0730. The number of nitrogens with one attached hydrogen (secondary N) is 1. The van der Waals surface area contributed by atoms with Gasteiger partial charge in [-0.05, 0) is 55.7 Å². The number of nitrogens with zero attached hydrogens (tertiary/aromatic N) is 1. The second kappa shape index (κ2) is 9.62. The molecule has 3 aromatic carbocycles. The van der Waals surface area contributed by atoms with E-state index in [4.69, 9.17) is 9.47 Å². The van der Waals surface area contributed by atoms with Crippen LogP contribution in [0.4, 0.5) is 5.69 Å². The highest BCUT2D eigenvalue weighted by Crippen LogP contribution is 2.33. The zero-order valence-corrected chi connectivity index (χ0v) is 20.4. The lowest BCUT2D eigenvalue weighted by Gasteiger charge is -2.23. The molecule has 3 aromatic rings. The number of hydrogen-bond acceptors (Lipinski definition) is 5. The molecule has 35 heavy (non-hydrogen) atoms. The van der Waals surface area contributed by atoms with Crippen molar-refractivity contribution in [3.8, 4) is 11.5 Å². The van der Waals surface area contributed by atoms with Gasteiger partial charge in [0.1, 0.15) is 0 Å². The van der Waals surface area contributed by atoms with E-state index in [9.17, 15) is 13.2 Å². The molecule has 1 heterocycles. The Balaban J connectivity index is 1.35. The second-order valence-corrected chi connectivity index (χ2v) is 10.7. The van der Waals surface area contributed by atoms with E-state index < -0.39 is 10.0 Å². The van der Waals surface area contributed by atoms with E-state index in [1.54, 1.807) is 30.3 Å². The van der Waals surface area contributed by atoms with Crippen LogP contribution < -0.4 is 14.2 Å². The minimum atomic E-state index is -3.89. The van der Waals surface area contributed by atoms with Gasteiger partial charge in [0.05, 0.1) is 18.1 Å². The van der Waals surface area contributed by atoms with E-state index >= 15 is 0 Å². The quantitative estimate of drug-likeness (QED) is 0.514. The van der Waals surface area contributed by atoms with Crippen LogP contribution in [0.15, 0.2) is 71.6 Å². The first-order chi connectivity index (χ1) is 16.9. The van der Waals surface area contributed by atoms with Gasteiger partial charge in [-0.1, -0.05) is 35.9 Å². The number of benzene rings is 3. The van der Waals surface area contributed by atoms with Crippen molar-refractivity contribution in [2.75, 3.05) is 17.9 Å². The lowest BCUT2D eigenvalue weighted by atomic mass is 10.1. The Morgan fingerprint density at radius 3 is 2.46 bits per heavy atom. The number of carbonyl (C=O) groups excluding carboxylic acids is 1. The molecule has 1 fully saturated rings. The highest BCUT2D eigenvalue weighted by atomic mass is 32.2. The van der Waals surface area contributed by atoms with Crippen LogP contribution in [0, 0.1) is 6.92 Å². The van der Waals surface area contributed by atoms with Gasteiger partial charge < -0.3 is 14.4 Å². The molecule has 1 amide bonds. The first kappa shape index (κ1) is 23.2. The fourth-order valence-electron chi connectivity index (χ4n) is 4.05. The van der Waals surface area contributed by atoms with Crippen LogP contribution in [0.25, 0.3) is 0 Å². The fraction of sp³-hybridized carbons (Fsp3) is 0.296. The summed E-state index contributed by atoms with van der Waals surface area (Å²) in [5, 5.41) is 0. The van der Waals surface area contributed by atoms with E-state index in [-0.39, 0.29) is 16.8 Å². The van der Waals surface area contributed by atoms with E-state index in [2.05, 4.69) is 4.72 Å². The number of ether oxygens (including phenoxy) is 2. The summed E-state index contributed by atoms with van der Waals surface area (Å²) >= 11 is 0. The van der Waals surface area contributed by atoms with Crippen molar-refractivity contribution in [3.63, 3.8) is 0 Å². The van der Waals surface area contributed by atoms with Crippen LogP contribution in [0.2, 0.25) is 0 Å². The van der Waals surface area contributed by atoms with Crippen LogP contribution in [0.5, 0.6) is 11.5 Å². The fourth-order valence-corrected chi connectivity index (χ4v) is 5.11. The zero-order chi connectivity index (χ0) is 24.4. The van der Waals surface area contributed by atoms with Gasteiger partial charge in [0.15, 0.2) is 11.5 Å². The van der Waals surface area contributed by atoms with Crippen molar-refractivity contribution in [2.45, 2.75) is 43.7 Å². The molecule has 0 bridgehead atoms. The summed E-state index contributed by atoms with van der Waals surface area (Å²) in [7, 11) is -3.89. The van der Waals surface area contributed by atoms with E-state index in [0.29, 0.717) is 42.5 Å². The number of anilines is 1. The van der Waals surface area contributed by atoms with Crippen molar-refractivity contribution in [1.29, 1.82) is 0 Å². The summed E-state index contributed by atoms with van der Waals surface area (Å²) in [5.74, 6) is 0.831. The number of fused-ring (bicyclic) bond motifs is 1. The summed E-state index contributed by atoms with van der Waals surface area (Å²) < 4.78 is 40.0. The average Bonchev–Trinajstić information content (AvgIpc) is 3.70. The molecular weight excluding hydrogens is 464 g/mol. The highest BCUT2D eigenvalue weighted by molar-refractivity contribution is 7.92. The van der Waals surface area contributed by atoms with Crippen LogP contribution in [-0.4, -0.2) is 38.5 Å². The third-order valence-electron chi connectivity index (χ3n) is 6.11. The highest BCUT2D eigenvalue weighted by Gasteiger charge is 2.33. The number of hydrogen-bond donors (Lipinski definition) is 1. The molecule has 0 radical (unpaired) electrons. The zero-order valence-electron chi connectivity index (χ0n) is 19.6. The smallest absolute Gasteiger partial charge is 0.262 e. The topological polar surface area (TPSA) is 84.9 Å². The standard InChI is InChI=1S/C27H28N2O5S/c1-19-6-8-20(9-7-19)18-29(23-10-11-23)27(30)21-4-2-5-22(16-21)28-35(31,32)24-12-13-25-26(17-24)34-15-3-14-33-25/h2,4-9,12-13,16-17,23,28H,3,10-11,14-15,18H2,1H3. The Labute approximate surface area is 205 Å². The van der Waals surface area contributed by atoms with Crippen LogP contribution in [-0.2, 0) is 16.6 Å². The van der Waals surface area contributed by atoms with Crippen molar-refractivity contribution in [1.82, 2.24) is 4.90 Å². The van der Waals surface area contributed by atoms with Crippen LogP contribution in [0.3, 0.4) is 0 Å². The molecule has 5 rings (SSSR count). The van der Waals surface area contributed by atoms with Gasteiger partial charge in [0.25, 0.3) is 15.9 Å². The minimum Gasteiger partial charge on any atom is -0.490 e. The number of rotatable bonds is 7. The predicted molar refractivity (Wildman–Crippen MR) is 133 cm³/mol. The molecule has 1 saturated carbocycles. The first-order valence-corrected chi connectivity index (χ1v) is 13.3. The first-order valence-electron chi connectivity index (χ1n) is 11.8. The van der Waals surface area contributed by atoms with Gasteiger partial charge >= 0.3 is 0 Å². The molecule has 8 heteroatoms. The Morgan fingerprint density at radius 1 is 0.971 bits per heavy atom. The van der Waals surface area contributed by atoms with Crippen molar-refractivity contribution >= 4 is 21.6 Å². The van der Waals surface area contributed by atoms with Crippen molar-refractivity contribution in [3.05, 3.63) is 83.4 Å². The van der Waals surface area contributed by atoms with Gasteiger partial charge in [0, 0.05) is 36.3 Å². The largest absolute Gasteiger partial charge is 0.490 e. The Hall–Kier alpha value is -3.52. The maximum atomic E-state index is 13.4. The third-order valence-corrected chi connectivity index (χ3v) is 7.49. The predicted octanol–water partition coefficient (Wildman–Crippen LogP) is 4.76. The van der Waals surface area contributed by atoms with E-state index in [1.807, 2.05) is 36.1 Å². The number of carbonyl (C=O) groups is 1. The monoisotopic (exact) mass is 492 g/mol. The van der Waals surface area contributed by atoms with Gasteiger partial charge in [-0.3, -0.25) is 9.52 Å². The average molecular weight is 493 g/mol. The maximum absolute atomic E-state index is 13.4. The molecular formula is C27H28N2O5S. The Kier molecular flexibility index (Phi) is 6.38. The maximum Gasteiger partial charge on any atom is 0.262 e. The minimum absolute atomic E-state index is 0.0671. The summed E-state index contributed by atoms with van der Waals surface area (Å²) in [5.41, 5.74) is 3.02. The summed E-state index contributed by atoms with van der Waals surface area (Å²) in [6, 6.07) is 19.6. The molecule has 1 aliphatic carbocycles. The number of aryl methyl sites for hydroxylation is 1. The van der Waals surface area contributed by atoms with Crippen molar-refractivity contribution in [2.24, 2.45) is 0 Å². The van der Waals surface area contributed by atoms with Crippen LogP contribution >= 0.6 is 0 Å². The van der Waals surface area contributed by atoms with Gasteiger partial charge in [-0.15, -0.1) is 0 Å². The molecule has 1 N–H and O–H groups in total. The number of amides is 1. The van der Waals surface area contributed by atoms with Gasteiger partial charge in [-0.25, -0.2) is 8.42 Å². The van der Waals surface area contributed by atoms with Gasteiger partial charge in [-0.2, -0.15) is 0 Å². The molecule has 0 aromatic heterocycles. The van der Waals surface area contributed by atoms with Gasteiger partial charge in [0.2, 0.25) is 0 Å². The third kappa shape index (κ3) is 5.43. The summed E-state index contributed by atoms with van der Waals surface area (Å²) in [4.78, 5) is 15.3. The molecule has 0 atom stereocenters. The molecule has 1 aliphatic heterocycles. The molecule has 0 spiro atoms. The summed E-state index contributed by atoms with van der Waals surface area (Å²) in [6.07, 6.45) is 2.69. The normalized spacial score (nSPS) is 15.2. The molecule has 0 saturated heterocycles.